The van der Waals surface area contributed by atoms with E-state index in [0.29, 0.717) is 5.56 Å². The zero-order valence-corrected chi connectivity index (χ0v) is 12.7. The van der Waals surface area contributed by atoms with Gasteiger partial charge < -0.3 is 4.74 Å². The normalized spacial score (nSPS) is 13.4. The molecule has 1 aromatic heterocycles. The van der Waals surface area contributed by atoms with Crippen LogP contribution in [-0.4, -0.2) is 24.0 Å². The number of rotatable bonds is 3. The van der Waals surface area contributed by atoms with Crippen LogP contribution in [0.5, 0.6) is 0 Å². The lowest BCUT2D eigenvalue weighted by molar-refractivity contribution is 0.0196. The molecular formula is C17H21NO2. The third kappa shape index (κ3) is 2.88. The van der Waals surface area contributed by atoms with Gasteiger partial charge in [-0.05, 0) is 36.6 Å². The van der Waals surface area contributed by atoms with Gasteiger partial charge in [0.1, 0.15) is 6.10 Å². The van der Waals surface area contributed by atoms with Gasteiger partial charge in [-0.3, -0.25) is 9.78 Å². The summed E-state index contributed by atoms with van der Waals surface area (Å²) in [4.78, 5) is 17.0. The number of nitrogens with zero attached hydrogens (tertiary/aromatic N) is 1. The minimum atomic E-state index is -0.446. The van der Waals surface area contributed by atoms with E-state index in [4.69, 9.17) is 4.74 Å². The number of aryl methyl sites for hydroxylation is 1. The molecule has 1 heterocycles. The van der Waals surface area contributed by atoms with Gasteiger partial charge in [0.05, 0.1) is 5.52 Å². The fourth-order valence-electron chi connectivity index (χ4n) is 2.39. The molecule has 0 aliphatic heterocycles. The number of hydrogen-bond acceptors (Lipinski definition) is 3. The van der Waals surface area contributed by atoms with Gasteiger partial charge in [-0.15, -0.1) is 0 Å². The van der Waals surface area contributed by atoms with Crippen molar-refractivity contribution >= 4 is 16.7 Å². The summed E-state index contributed by atoms with van der Waals surface area (Å²) in [6.07, 6.45) is -0.446. The molecule has 0 bridgehead atoms. The molecule has 0 aliphatic rings. The lowest BCUT2D eigenvalue weighted by Gasteiger charge is -2.28. The average molecular weight is 271 g/mol. The van der Waals surface area contributed by atoms with Crippen molar-refractivity contribution in [1.29, 1.82) is 0 Å². The monoisotopic (exact) mass is 271 g/mol. The van der Waals surface area contributed by atoms with Crippen LogP contribution in [0.3, 0.4) is 0 Å². The fourth-order valence-corrected chi connectivity index (χ4v) is 2.39. The first-order chi connectivity index (χ1) is 9.32. The first-order valence-electron chi connectivity index (χ1n) is 6.77. The van der Waals surface area contributed by atoms with Crippen LogP contribution in [0.15, 0.2) is 30.3 Å². The number of methoxy groups -OCH3 is 1. The summed E-state index contributed by atoms with van der Waals surface area (Å²) in [7, 11) is 1.58. The molecular weight excluding hydrogens is 250 g/mol. The quantitative estimate of drug-likeness (QED) is 0.797. The van der Waals surface area contributed by atoms with E-state index in [1.165, 1.54) is 0 Å². The molecule has 0 aliphatic carbocycles. The Labute approximate surface area is 120 Å². The van der Waals surface area contributed by atoms with Crippen molar-refractivity contribution in [3.8, 4) is 0 Å². The van der Waals surface area contributed by atoms with Gasteiger partial charge in [-0.2, -0.15) is 0 Å². The van der Waals surface area contributed by atoms with Gasteiger partial charge in [0.2, 0.25) is 0 Å². The number of carbonyl (C=O) groups is 1. The largest absolute Gasteiger partial charge is 0.373 e. The molecule has 3 heteroatoms. The van der Waals surface area contributed by atoms with Gasteiger partial charge in [0, 0.05) is 23.8 Å². The number of benzene rings is 1. The Balaban J connectivity index is 2.42. The predicted octanol–water partition coefficient (Wildman–Crippen LogP) is 3.79. The van der Waals surface area contributed by atoms with E-state index in [-0.39, 0.29) is 11.2 Å². The Kier molecular flexibility index (Phi) is 3.91. The first kappa shape index (κ1) is 14.7. The summed E-state index contributed by atoms with van der Waals surface area (Å²) in [5.74, 6) is 0.0162. The fraction of sp³-hybridized carbons (Fsp3) is 0.412. The molecule has 3 nitrogen and oxygen atoms in total. The van der Waals surface area contributed by atoms with E-state index in [2.05, 4.69) is 4.98 Å². The van der Waals surface area contributed by atoms with E-state index in [1.807, 2.05) is 58.0 Å². The lowest BCUT2D eigenvalue weighted by atomic mass is 9.84. The molecule has 0 radical (unpaired) electrons. The number of ketones is 1. The van der Waals surface area contributed by atoms with Crippen LogP contribution in [-0.2, 0) is 4.74 Å². The summed E-state index contributed by atoms with van der Waals surface area (Å²) in [5, 5.41) is 0.977. The van der Waals surface area contributed by atoms with Crippen LogP contribution < -0.4 is 0 Å². The zero-order chi connectivity index (χ0) is 14.9. The van der Waals surface area contributed by atoms with Gasteiger partial charge in [0.15, 0.2) is 5.78 Å². The standard InChI is InChI=1S/C17H21NO2/c1-11-6-7-12-10-13(8-9-14(12)18-11)15(19)16(20-5)17(2,3)4/h6-10,16H,1-5H3. The van der Waals surface area contributed by atoms with Gasteiger partial charge in [-0.25, -0.2) is 0 Å². The minimum absolute atomic E-state index is 0.0162. The first-order valence-corrected chi connectivity index (χ1v) is 6.77. The Morgan fingerprint density at radius 2 is 1.90 bits per heavy atom. The Hall–Kier alpha value is -1.74. The molecule has 1 aromatic carbocycles. The molecule has 20 heavy (non-hydrogen) atoms. The molecule has 2 aromatic rings. The smallest absolute Gasteiger partial charge is 0.192 e. The van der Waals surface area contributed by atoms with E-state index in [1.54, 1.807) is 7.11 Å². The highest BCUT2D eigenvalue weighted by Gasteiger charge is 2.31. The van der Waals surface area contributed by atoms with Crippen molar-refractivity contribution in [2.24, 2.45) is 5.41 Å². The number of aromatic nitrogens is 1. The summed E-state index contributed by atoms with van der Waals surface area (Å²) >= 11 is 0. The van der Waals surface area contributed by atoms with E-state index < -0.39 is 6.10 Å². The summed E-state index contributed by atoms with van der Waals surface area (Å²) < 4.78 is 5.40. The van der Waals surface area contributed by atoms with Crippen molar-refractivity contribution in [2.75, 3.05) is 7.11 Å². The molecule has 1 unspecified atom stereocenters. The predicted molar refractivity (Wildman–Crippen MR) is 81.1 cm³/mol. The highest BCUT2D eigenvalue weighted by atomic mass is 16.5. The number of fused-ring (bicyclic) bond motifs is 1. The van der Waals surface area contributed by atoms with E-state index in [0.717, 1.165) is 16.6 Å². The summed E-state index contributed by atoms with van der Waals surface area (Å²) in [5.41, 5.74) is 2.32. The molecule has 106 valence electrons. The van der Waals surface area contributed by atoms with Gasteiger partial charge >= 0.3 is 0 Å². The molecule has 0 saturated heterocycles. The molecule has 0 spiro atoms. The third-order valence-electron chi connectivity index (χ3n) is 3.37. The number of pyridine rings is 1. The Morgan fingerprint density at radius 1 is 1.20 bits per heavy atom. The van der Waals surface area contributed by atoms with Crippen LogP contribution in [0.25, 0.3) is 10.9 Å². The highest BCUT2D eigenvalue weighted by Crippen LogP contribution is 2.26. The molecule has 0 fully saturated rings. The molecule has 0 amide bonds. The molecule has 2 rings (SSSR count). The zero-order valence-electron chi connectivity index (χ0n) is 12.7. The SMILES string of the molecule is COC(C(=O)c1ccc2nc(C)ccc2c1)C(C)(C)C. The van der Waals surface area contributed by atoms with Crippen LogP contribution in [0.4, 0.5) is 0 Å². The second-order valence-corrected chi connectivity index (χ2v) is 6.21. The minimum Gasteiger partial charge on any atom is -0.373 e. The van der Waals surface area contributed by atoms with Crippen LogP contribution in [0.1, 0.15) is 36.8 Å². The third-order valence-corrected chi connectivity index (χ3v) is 3.37. The number of carbonyl (C=O) groups excluding carboxylic acids is 1. The maximum Gasteiger partial charge on any atom is 0.192 e. The maximum absolute atomic E-state index is 12.6. The Morgan fingerprint density at radius 3 is 2.50 bits per heavy atom. The van der Waals surface area contributed by atoms with Gasteiger partial charge in [0.25, 0.3) is 0 Å². The molecule has 0 saturated carbocycles. The van der Waals surface area contributed by atoms with E-state index >= 15 is 0 Å². The second-order valence-electron chi connectivity index (χ2n) is 6.21. The maximum atomic E-state index is 12.6. The Bertz CT molecular complexity index is 641. The number of Topliss-reactive ketones (excluding diaryl/α,β-unsaturated/α-hetero) is 1. The van der Waals surface area contributed by atoms with E-state index in [9.17, 15) is 4.79 Å². The lowest BCUT2D eigenvalue weighted by Crippen LogP contribution is -2.36. The topological polar surface area (TPSA) is 39.2 Å². The number of hydrogen-bond donors (Lipinski definition) is 0. The van der Waals surface area contributed by atoms with Gasteiger partial charge in [-0.1, -0.05) is 26.8 Å². The highest BCUT2D eigenvalue weighted by molar-refractivity contribution is 6.02. The van der Waals surface area contributed by atoms with Crippen molar-refractivity contribution < 1.29 is 9.53 Å². The average Bonchev–Trinajstić information content (AvgIpc) is 2.37. The summed E-state index contributed by atoms with van der Waals surface area (Å²) in [6.45, 7) is 7.97. The second kappa shape index (κ2) is 5.33. The van der Waals surface area contributed by atoms with Crippen molar-refractivity contribution in [3.05, 3.63) is 41.6 Å². The van der Waals surface area contributed by atoms with Crippen LogP contribution in [0.2, 0.25) is 0 Å². The summed E-state index contributed by atoms with van der Waals surface area (Å²) in [6, 6.07) is 9.56. The van der Waals surface area contributed by atoms with Crippen molar-refractivity contribution in [2.45, 2.75) is 33.8 Å². The van der Waals surface area contributed by atoms with Crippen LogP contribution >= 0.6 is 0 Å². The molecule has 1 atom stereocenters. The van der Waals surface area contributed by atoms with Crippen molar-refractivity contribution in [3.63, 3.8) is 0 Å². The number of ether oxygens (including phenoxy) is 1. The van der Waals surface area contributed by atoms with Crippen molar-refractivity contribution in [1.82, 2.24) is 4.98 Å². The van der Waals surface area contributed by atoms with Crippen LogP contribution in [0, 0.1) is 12.3 Å². The molecule has 0 N–H and O–H groups in total.